The second kappa shape index (κ2) is 10.7. The Balaban J connectivity index is 1.48. The minimum atomic E-state index is -0.342. The predicted molar refractivity (Wildman–Crippen MR) is 148 cm³/mol. The normalized spacial score (nSPS) is 12.7. The molecule has 2 heterocycles. The lowest BCUT2D eigenvalue weighted by Gasteiger charge is -2.30. The van der Waals surface area contributed by atoms with Gasteiger partial charge in [0.15, 0.2) is 0 Å². The van der Waals surface area contributed by atoms with Crippen molar-refractivity contribution < 1.29 is 4.79 Å². The lowest BCUT2D eigenvalue weighted by molar-refractivity contribution is 0.205. The number of amides is 2. The quantitative estimate of drug-likeness (QED) is 0.353. The van der Waals surface area contributed by atoms with Crippen LogP contribution >= 0.6 is 23.2 Å². The first-order chi connectivity index (χ1) is 17.9. The minimum absolute atomic E-state index is 0.147. The van der Waals surface area contributed by atoms with Crippen LogP contribution in [0.25, 0.3) is 5.69 Å². The second-order valence-electron chi connectivity index (χ2n) is 8.88. The van der Waals surface area contributed by atoms with Gasteiger partial charge in [0.25, 0.3) is 5.56 Å². The van der Waals surface area contributed by atoms with Gasteiger partial charge in [0.2, 0.25) is 5.95 Å². The molecule has 2 amide bonds. The lowest BCUT2D eigenvalue weighted by atomic mass is 10.1. The number of carbonyl (C=O) groups is 1. The number of nitrogens with one attached hydrogen (secondary N) is 1. The molecule has 0 saturated carbocycles. The maximum Gasteiger partial charge on any atom is 0.322 e. The zero-order chi connectivity index (χ0) is 25.9. The van der Waals surface area contributed by atoms with E-state index in [1.165, 1.54) is 0 Å². The average Bonchev–Trinajstić information content (AvgIpc) is 2.91. The number of hydrogen-bond acceptors (Lipinski definition) is 4. The summed E-state index contributed by atoms with van der Waals surface area (Å²) in [4.78, 5) is 35.5. The number of hydrogen-bond donors (Lipinski definition) is 1. The molecule has 0 aliphatic carbocycles. The first-order valence-corrected chi connectivity index (χ1v) is 12.6. The number of para-hydroxylation sites is 1. The predicted octanol–water partition coefficient (Wildman–Crippen LogP) is 5.77. The van der Waals surface area contributed by atoms with Gasteiger partial charge in [-0.25, -0.2) is 14.3 Å². The van der Waals surface area contributed by atoms with Crippen LogP contribution in [-0.4, -0.2) is 34.1 Å². The van der Waals surface area contributed by atoms with E-state index in [-0.39, 0.29) is 18.1 Å². The highest BCUT2D eigenvalue weighted by molar-refractivity contribution is 6.36. The Morgan fingerprint density at radius 1 is 1.03 bits per heavy atom. The first kappa shape index (κ1) is 24.9. The molecule has 188 valence electrons. The van der Waals surface area contributed by atoms with Crippen molar-refractivity contribution in [3.05, 3.63) is 116 Å². The van der Waals surface area contributed by atoms with E-state index >= 15 is 0 Å². The molecule has 4 aromatic rings. The van der Waals surface area contributed by atoms with Crippen LogP contribution in [0, 0.1) is 0 Å². The zero-order valence-electron chi connectivity index (χ0n) is 20.2. The molecular weight excluding hydrogens is 509 g/mol. The van der Waals surface area contributed by atoms with Crippen LogP contribution < -0.4 is 15.8 Å². The van der Waals surface area contributed by atoms with E-state index in [4.69, 9.17) is 28.2 Å². The largest absolute Gasteiger partial charge is 0.341 e. The molecule has 0 atom stereocenters. The Morgan fingerprint density at radius 2 is 1.73 bits per heavy atom. The fraction of sp³-hybridized carbons (Fsp3) is 0.179. The van der Waals surface area contributed by atoms with E-state index in [2.05, 4.69) is 5.32 Å². The van der Waals surface area contributed by atoms with Crippen LogP contribution in [-0.2, 0) is 19.5 Å². The molecule has 0 saturated heterocycles. The van der Waals surface area contributed by atoms with Crippen molar-refractivity contribution in [1.82, 2.24) is 14.5 Å². The molecule has 1 aromatic heterocycles. The van der Waals surface area contributed by atoms with Gasteiger partial charge in [-0.05, 0) is 35.9 Å². The maximum absolute atomic E-state index is 13.9. The molecule has 0 unspecified atom stereocenters. The lowest BCUT2D eigenvalue weighted by Crippen LogP contribution is -2.43. The third-order valence-corrected chi connectivity index (χ3v) is 6.84. The Labute approximate surface area is 224 Å². The summed E-state index contributed by atoms with van der Waals surface area (Å²) in [5.74, 6) is 0.560. The summed E-state index contributed by atoms with van der Waals surface area (Å²) in [6, 6.07) is 24.0. The van der Waals surface area contributed by atoms with E-state index in [1.807, 2.05) is 72.6 Å². The smallest absolute Gasteiger partial charge is 0.322 e. The number of rotatable bonds is 5. The molecule has 37 heavy (non-hydrogen) atoms. The van der Waals surface area contributed by atoms with Crippen molar-refractivity contribution in [2.24, 2.45) is 0 Å². The molecule has 9 heteroatoms. The molecule has 0 spiro atoms. The van der Waals surface area contributed by atoms with E-state index in [1.54, 1.807) is 27.7 Å². The van der Waals surface area contributed by atoms with Gasteiger partial charge in [-0.15, -0.1) is 0 Å². The van der Waals surface area contributed by atoms with Crippen LogP contribution in [0.4, 0.5) is 16.4 Å². The number of carbonyl (C=O) groups excluding carboxylic acids is 1. The molecule has 1 aliphatic heterocycles. The van der Waals surface area contributed by atoms with Gasteiger partial charge in [0, 0.05) is 31.6 Å². The van der Waals surface area contributed by atoms with Crippen molar-refractivity contribution in [2.75, 3.05) is 23.8 Å². The van der Waals surface area contributed by atoms with E-state index < -0.39 is 0 Å². The van der Waals surface area contributed by atoms with Crippen LogP contribution in [0.5, 0.6) is 0 Å². The van der Waals surface area contributed by atoms with Crippen LogP contribution in [0.3, 0.4) is 0 Å². The molecule has 7 nitrogen and oxygen atoms in total. The molecule has 0 fully saturated rings. The Kier molecular flexibility index (Phi) is 7.17. The Hall–Kier alpha value is -3.81. The second-order valence-corrected chi connectivity index (χ2v) is 9.72. The van der Waals surface area contributed by atoms with Gasteiger partial charge in [-0.1, -0.05) is 71.7 Å². The summed E-state index contributed by atoms with van der Waals surface area (Å²) in [5.41, 5.74) is 3.31. The van der Waals surface area contributed by atoms with Crippen LogP contribution in [0.15, 0.2) is 83.7 Å². The standard InChI is InChI=1S/C28H25Cl2N5O2/c1-33(17-19-8-4-2-5-9-19)27-31-24-14-15-34(28(37)32-25-13-12-20(29)16-23(25)30)18-22(24)26(36)35(27)21-10-6-3-7-11-21/h2-13,16H,14-15,17-18H2,1H3,(H,32,37). The highest BCUT2D eigenvalue weighted by Crippen LogP contribution is 2.27. The highest BCUT2D eigenvalue weighted by Gasteiger charge is 2.28. The highest BCUT2D eigenvalue weighted by atomic mass is 35.5. The molecule has 0 radical (unpaired) electrons. The van der Waals surface area contributed by atoms with Crippen molar-refractivity contribution in [3.63, 3.8) is 0 Å². The topological polar surface area (TPSA) is 70.5 Å². The average molecular weight is 534 g/mol. The van der Waals surface area contributed by atoms with Crippen molar-refractivity contribution in [2.45, 2.75) is 19.5 Å². The van der Waals surface area contributed by atoms with Crippen molar-refractivity contribution in [1.29, 1.82) is 0 Å². The molecule has 3 aromatic carbocycles. The SMILES string of the molecule is CN(Cc1ccccc1)c1nc2c(c(=O)n1-c1ccccc1)CN(C(=O)Nc1ccc(Cl)cc1Cl)CC2. The Morgan fingerprint density at radius 3 is 2.43 bits per heavy atom. The van der Waals surface area contributed by atoms with Crippen LogP contribution in [0.2, 0.25) is 10.0 Å². The fourth-order valence-electron chi connectivity index (χ4n) is 4.42. The number of aromatic nitrogens is 2. The van der Waals surface area contributed by atoms with E-state index in [9.17, 15) is 9.59 Å². The zero-order valence-corrected chi connectivity index (χ0v) is 21.7. The summed E-state index contributed by atoms with van der Waals surface area (Å²) >= 11 is 12.2. The van der Waals surface area contributed by atoms with Gasteiger partial charge in [-0.3, -0.25) is 4.79 Å². The van der Waals surface area contributed by atoms with Gasteiger partial charge < -0.3 is 15.1 Å². The monoisotopic (exact) mass is 533 g/mol. The molecule has 0 bridgehead atoms. The third-order valence-electron chi connectivity index (χ3n) is 6.29. The fourth-order valence-corrected chi connectivity index (χ4v) is 4.87. The van der Waals surface area contributed by atoms with Gasteiger partial charge in [0.1, 0.15) is 0 Å². The summed E-state index contributed by atoms with van der Waals surface area (Å²) in [6.45, 7) is 1.16. The van der Waals surface area contributed by atoms with Gasteiger partial charge in [-0.2, -0.15) is 0 Å². The molecular formula is C28H25Cl2N5O2. The van der Waals surface area contributed by atoms with Crippen LogP contribution in [0.1, 0.15) is 16.8 Å². The molecule has 5 rings (SSSR count). The molecule has 1 aliphatic rings. The number of halogens is 2. The third kappa shape index (κ3) is 5.33. The van der Waals surface area contributed by atoms with E-state index in [0.29, 0.717) is 58.1 Å². The summed E-state index contributed by atoms with van der Waals surface area (Å²) < 4.78 is 1.62. The van der Waals surface area contributed by atoms with Gasteiger partial charge in [0.05, 0.1) is 34.2 Å². The van der Waals surface area contributed by atoms with Gasteiger partial charge >= 0.3 is 6.03 Å². The van der Waals surface area contributed by atoms with E-state index in [0.717, 1.165) is 5.56 Å². The Bertz CT molecular complexity index is 1490. The number of urea groups is 1. The number of anilines is 2. The number of nitrogens with zero attached hydrogens (tertiary/aromatic N) is 4. The first-order valence-electron chi connectivity index (χ1n) is 11.9. The summed E-state index contributed by atoms with van der Waals surface area (Å²) in [7, 11) is 1.93. The summed E-state index contributed by atoms with van der Waals surface area (Å²) in [6.07, 6.45) is 0.466. The number of fused-ring (bicyclic) bond motifs is 1. The molecule has 1 N–H and O–H groups in total. The van der Waals surface area contributed by atoms with Crippen molar-refractivity contribution in [3.8, 4) is 5.69 Å². The van der Waals surface area contributed by atoms with Crippen molar-refractivity contribution >= 4 is 40.9 Å². The minimum Gasteiger partial charge on any atom is -0.341 e. The summed E-state index contributed by atoms with van der Waals surface area (Å²) in [5, 5.41) is 3.65. The number of benzene rings is 3. The maximum atomic E-state index is 13.9.